The van der Waals surface area contributed by atoms with Crippen LogP contribution in [0.2, 0.25) is 0 Å². The van der Waals surface area contributed by atoms with Crippen molar-refractivity contribution in [3.05, 3.63) is 35.9 Å². The highest BCUT2D eigenvalue weighted by Crippen LogP contribution is 2.21. The van der Waals surface area contributed by atoms with Crippen LogP contribution in [0.25, 0.3) is 0 Å². The minimum absolute atomic E-state index is 0.0101. The SMILES string of the molecule is CCCC(NC(=O)N1CCC(C(=O)O)CC1)c1ccccc1. The molecule has 1 aromatic carbocycles. The Morgan fingerprint density at radius 3 is 2.45 bits per heavy atom. The fourth-order valence-corrected chi connectivity index (χ4v) is 2.87. The maximum atomic E-state index is 12.4. The van der Waals surface area contributed by atoms with E-state index in [0.29, 0.717) is 25.9 Å². The molecule has 0 aliphatic carbocycles. The average molecular weight is 304 g/mol. The van der Waals surface area contributed by atoms with Crippen LogP contribution in [0.3, 0.4) is 0 Å². The lowest BCUT2D eigenvalue weighted by atomic mass is 9.97. The summed E-state index contributed by atoms with van der Waals surface area (Å²) in [6, 6.07) is 9.88. The Balaban J connectivity index is 1.93. The summed E-state index contributed by atoms with van der Waals surface area (Å²) < 4.78 is 0. The quantitative estimate of drug-likeness (QED) is 0.878. The Morgan fingerprint density at radius 2 is 1.91 bits per heavy atom. The largest absolute Gasteiger partial charge is 0.481 e. The minimum atomic E-state index is -0.756. The third-order valence-corrected chi connectivity index (χ3v) is 4.21. The molecule has 5 heteroatoms. The zero-order chi connectivity index (χ0) is 15.9. The first-order chi connectivity index (χ1) is 10.6. The number of nitrogens with one attached hydrogen (secondary N) is 1. The van der Waals surface area contributed by atoms with Crippen molar-refractivity contribution >= 4 is 12.0 Å². The number of carboxylic acids is 1. The molecule has 0 spiro atoms. The number of piperidine rings is 1. The van der Waals surface area contributed by atoms with E-state index in [1.54, 1.807) is 4.90 Å². The highest BCUT2D eigenvalue weighted by Gasteiger charge is 2.27. The van der Waals surface area contributed by atoms with Crippen molar-refractivity contribution in [1.82, 2.24) is 10.2 Å². The number of carboxylic acid groups (broad SMARTS) is 1. The van der Waals surface area contributed by atoms with Crippen LogP contribution < -0.4 is 5.32 Å². The molecule has 1 unspecified atom stereocenters. The third-order valence-electron chi connectivity index (χ3n) is 4.21. The highest BCUT2D eigenvalue weighted by molar-refractivity contribution is 5.75. The van der Waals surface area contributed by atoms with Gasteiger partial charge in [0, 0.05) is 13.1 Å². The number of benzene rings is 1. The van der Waals surface area contributed by atoms with E-state index >= 15 is 0 Å². The monoisotopic (exact) mass is 304 g/mol. The summed E-state index contributed by atoms with van der Waals surface area (Å²) in [6.07, 6.45) is 2.95. The number of likely N-dealkylation sites (tertiary alicyclic amines) is 1. The zero-order valence-electron chi connectivity index (χ0n) is 13.0. The maximum absolute atomic E-state index is 12.4. The summed E-state index contributed by atoms with van der Waals surface area (Å²) in [5, 5.41) is 12.1. The van der Waals surface area contributed by atoms with Crippen molar-refractivity contribution in [3.8, 4) is 0 Å². The fourth-order valence-electron chi connectivity index (χ4n) is 2.87. The predicted molar refractivity (Wildman–Crippen MR) is 84.6 cm³/mol. The Hall–Kier alpha value is -2.04. The Kier molecular flexibility index (Phi) is 5.81. The summed E-state index contributed by atoms with van der Waals surface area (Å²) in [7, 11) is 0. The van der Waals surface area contributed by atoms with Crippen molar-refractivity contribution in [3.63, 3.8) is 0 Å². The van der Waals surface area contributed by atoms with Crippen LogP contribution in [-0.2, 0) is 4.79 Å². The Morgan fingerprint density at radius 1 is 1.27 bits per heavy atom. The van der Waals surface area contributed by atoms with E-state index in [-0.39, 0.29) is 18.0 Å². The molecule has 0 radical (unpaired) electrons. The first-order valence-corrected chi connectivity index (χ1v) is 7.95. The fraction of sp³-hybridized carbons (Fsp3) is 0.529. The molecule has 5 nitrogen and oxygen atoms in total. The van der Waals surface area contributed by atoms with E-state index in [4.69, 9.17) is 5.11 Å². The van der Waals surface area contributed by atoms with Crippen molar-refractivity contribution in [2.24, 2.45) is 5.92 Å². The van der Waals surface area contributed by atoms with Crippen LogP contribution in [0.1, 0.15) is 44.2 Å². The van der Waals surface area contributed by atoms with Gasteiger partial charge in [0.1, 0.15) is 0 Å². The van der Waals surface area contributed by atoms with Crippen LogP contribution in [0, 0.1) is 5.92 Å². The normalized spacial score (nSPS) is 17.0. The van der Waals surface area contributed by atoms with Gasteiger partial charge in [-0.05, 0) is 24.8 Å². The average Bonchev–Trinajstić information content (AvgIpc) is 2.55. The van der Waals surface area contributed by atoms with Crippen molar-refractivity contribution in [1.29, 1.82) is 0 Å². The van der Waals surface area contributed by atoms with Gasteiger partial charge in [-0.15, -0.1) is 0 Å². The van der Waals surface area contributed by atoms with Gasteiger partial charge in [0.2, 0.25) is 0 Å². The Labute approximate surface area is 131 Å². The van der Waals surface area contributed by atoms with Gasteiger partial charge in [-0.2, -0.15) is 0 Å². The van der Waals surface area contributed by atoms with Crippen LogP contribution >= 0.6 is 0 Å². The number of amides is 2. The molecular weight excluding hydrogens is 280 g/mol. The van der Waals surface area contributed by atoms with E-state index in [1.165, 1.54) is 0 Å². The number of carbonyl (C=O) groups excluding carboxylic acids is 1. The summed E-state index contributed by atoms with van der Waals surface area (Å²) in [6.45, 7) is 3.12. The number of hydrogen-bond donors (Lipinski definition) is 2. The van der Waals surface area contributed by atoms with Crippen LogP contribution in [0.4, 0.5) is 4.79 Å². The number of aliphatic carboxylic acids is 1. The topological polar surface area (TPSA) is 69.6 Å². The van der Waals surface area contributed by atoms with Gasteiger partial charge in [0.05, 0.1) is 12.0 Å². The van der Waals surface area contributed by atoms with Gasteiger partial charge in [0.15, 0.2) is 0 Å². The van der Waals surface area contributed by atoms with Crippen LogP contribution in [0.5, 0.6) is 0 Å². The first kappa shape index (κ1) is 16.3. The van der Waals surface area contributed by atoms with Crippen molar-refractivity contribution < 1.29 is 14.7 Å². The molecular formula is C17H24N2O3. The molecule has 2 amide bonds. The van der Waals surface area contributed by atoms with Crippen LogP contribution in [0.15, 0.2) is 30.3 Å². The molecule has 1 fully saturated rings. The third kappa shape index (κ3) is 4.23. The Bertz CT molecular complexity index is 496. The predicted octanol–water partition coefficient (Wildman–Crippen LogP) is 3.03. The molecule has 2 N–H and O–H groups in total. The molecule has 0 saturated carbocycles. The van der Waals surface area contributed by atoms with Gasteiger partial charge in [0.25, 0.3) is 0 Å². The second-order valence-electron chi connectivity index (χ2n) is 5.80. The standard InChI is InChI=1S/C17H24N2O3/c1-2-6-15(13-7-4-3-5-8-13)18-17(22)19-11-9-14(10-12-19)16(20)21/h3-5,7-8,14-15H,2,6,9-12H2,1H3,(H,18,22)(H,20,21). The molecule has 1 aromatic rings. The molecule has 22 heavy (non-hydrogen) atoms. The molecule has 1 saturated heterocycles. The number of carbonyl (C=O) groups is 2. The van der Waals surface area contributed by atoms with Gasteiger partial charge in [-0.1, -0.05) is 43.7 Å². The second kappa shape index (κ2) is 7.82. The van der Waals surface area contributed by atoms with Crippen molar-refractivity contribution in [2.75, 3.05) is 13.1 Å². The summed E-state index contributed by atoms with van der Waals surface area (Å²) in [4.78, 5) is 25.1. The number of rotatable bonds is 5. The molecule has 0 aromatic heterocycles. The van der Waals surface area contributed by atoms with Crippen LogP contribution in [-0.4, -0.2) is 35.1 Å². The summed E-state index contributed by atoms with van der Waals surface area (Å²) in [5.74, 6) is -1.07. The van der Waals surface area contributed by atoms with Gasteiger partial charge >= 0.3 is 12.0 Å². The number of nitrogens with zero attached hydrogens (tertiary/aromatic N) is 1. The second-order valence-corrected chi connectivity index (χ2v) is 5.80. The molecule has 1 aliphatic rings. The molecule has 1 atom stereocenters. The first-order valence-electron chi connectivity index (χ1n) is 7.95. The molecule has 1 heterocycles. The lowest BCUT2D eigenvalue weighted by Gasteiger charge is -2.32. The molecule has 0 bridgehead atoms. The van der Waals surface area contributed by atoms with E-state index in [9.17, 15) is 9.59 Å². The number of hydrogen-bond acceptors (Lipinski definition) is 2. The van der Waals surface area contributed by atoms with E-state index in [2.05, 4.69) is 12.2 Å². The molecule has 1 aliphatic heterocycles. The van der Waals surface area contributed by atoms with Gasteiger partial charge < -0.3 is 15.3 Å². The smallest absolute Gasteiger partial charge is 0.317 e. The molecule has 120 valence electrons. The van der Waals surface area contributed by atoms with Gasteiger partial charge in [-0.3, -0.25) is 4.79 Å². The number of urea groups is 1. The van der Waals surface area contributed by atoms with Crippen molar-refractivity contribution in [2.45, 2.75) is 38.6 Å². The zero-order valence-corrected chi connectivity index (χ0v) is 13.0. The van der Waals surface area contributed by atoms with E-state index in [0.717, 1.165) is 18.4 Å². The van der Waals surface area contributed by atoms with E-state index < -0.39 is 5.97 Å². The highest BCUT2D eigenvalue weighted by atomic mass is 16.4. The maximum Gasteiger partial charge on any atom is 0.317 e. The lowest BCUT2D eigenvalue weighted by Crippen LogP contribution is -2.46. The lowest BCUT2D eigenvalue weighted by molar-refractivity contribution is -0.143. The molecule has 2 rings (SSSR count). The van der Waals surface area contributed by atoms with E-state index in [1.807, 2.05) is 30.3 Å². The summed E-state index contributed by atoms with van der Waals surface area (Å²) >= 11 is 0. The minimum Gasteiger partial charge on any atom is -0.481 e. The van der Waals surface area contributed by atoms with Gasteiger partial charge in [-0.25, -0.2) is 4.79 Å². The summed E-state index contributed by atoms with van der Waals surface area (Å²) in [5.41, 5.74) is 1.11.